The lowest BCUT2D eigenvalue weighted by Crippen LogP contribution is -2.13. The largest absolute Gasteiger partial charge is 0.497 e. The van der Waals surface area contributed by atoms with Crippen molar-refractivity contribution in [2.75, 3.05) is 14.2 Å². The summed E-state index contributed by atoms with van der Waals surface area (Å²) in [6.45, 7) is 1.94. The van der Waals surface area contributed by atoms with Gasteiger partial charge in [0.1, 0.15) is 5.75 Å². The minimum absolute atomic E-state index is 0.103. The molecule has 0 unspecified atom stereocenters. The van der Waals surface area contributed by atoms with Crippen molar-refractivity contribution in [2.24, 2.45) is 0 Å². The SMILES string of the molecule is CCCC(=O)n1nc(OC)nc1-c1ccc(OC)cc1. The van der Waals surface area contributed by atoms with Gasteiger partial charge in [-0.05, 0) is 30.7 Å². The van der Waals surface area contributed by atoms with E-state index < -0.39 is 0 Å². The van der Waals surface area contributed by atoms with E-state index >= 15 is 0 Å². The average Bonchev–Trinajstić information content (AvgIpc) is 2.92. The number of hydrogen-bond donors (Lipinski definition) is 0. The van der Waals surface area contributed by atoms with Crippen LogP contribution >= 0.6 is 0 Å². The van der Waals surface area contributed by atoms with Crippen molar-refractivity contribution in [3.8, 4) is 23.1 Å². The second kappa shape index (κ2) is 6.18. The summed E-state index contributed by atoms with van der Waals surface area (Å²) in [5, 5.41) is 4.07. The molecule has 0 N–H and O–H groups in total. The summed E-state index contributed by atoms with van der Waals surface area (Å²) in [6, 6.07) is 7.46. The smallest absolute Gasteiger partial charge is 0.336 e. The number of carbonyl (C=O) groups excluding carboxylic acids is 1. The fourth-order valence-electron chi connectivity index (χ4n) is 1.80. The van der Waals surface area contributed by atoms with Crippen LogP contribution in [0.2, 0.25) is 0 Å². The molecule has 0 radical (unpaired) electrons. The molecule has 2 rings (SSSR count). The fraction of sp³-hybridized carbons (Fsp3) is 0.357. The number of methoxy groups -OCH3 is 2. The number of rotatable bonds is 5. The van der Waals surface area contributed by atoms with Gasteiger partial charge >= 0.3 is 6.01 Å². The van der Waals surface area contributed by atoms with E-state index in [0.717, 1.165) is 17.7 Å². The summed E-state index contributed by atoms with van der Waals surface area (Å²) in [6.07, 6.45) is 1.17. The fourth-order valence-corrected chi connectivity index (χ4v) is 1.80. The first-order valence-electron chi connectivity index (χ1n) is 6.38. The molecule has 6 nitrogen and oxygen atoms in total. The van der Waals surface area contributed by atoms with Crippen LogP contribution in [0, 0.1) is 0 Å². The molecule has 106 valence electrons. The number of carbonyl (C=O) groups is 1. The Bertz CT molecular complexity index is 590. The minimum atomic E-state index is -0.103. The van der Waals surface area contributed by atoms with Crippen LogP contribution < -0.4 is 9.47 Å². The minimum Gasteiger partial charge on any atom is -0.497 e. The number of nitrogens with zero attached hydrogens (tertiary/aromatic N) is 3. The third-order valence-electron chi connectivity index (χ3n) is 2.82. The van der Waals surface area contributed by atoms with Crippen LogP contribution in [0.1, 0.15) is 24.6 Å². The highest BCUT2D eigenvalue weighted by molar-refractivity contribution is 5.82. The molecule has 1 heterocycles. The molecule has 1 aromatic heterocycles. The Hall–Kier alpha value is -2.37. The normalized spacial score (nSPS) is 10.3. The number of aromatic nitrogens is 3. The number of benzene rings is 1. The second-order valence-electron chi connectivity index (χ2n) is 4.21. The molecular formula is C14H17N3O3. The van der Waals surface area contributed by atoms with E-state index in [1.165, 1.54) is 11.8 Å². The van der Waals surface area contributed by atoms with Crippen LogP contribution in [-0.2, 0) is 0 Å². The van der Waals surface area contributed by atoms with Gasteiger partial charge in [-0.3, -0.25) is 4.79 Å². The van der Waals surface area contributed by atoms with Crippen molar-refractivity contribution in [1.29, 1.82) is 0 Å². The maximum absolute atomic E-state index is 12.1. The van der Waals surface area contributed by atoms with Gasteiger partial charge in [-0.25, -0.2) is 0 Å². The molecule has 0 saturated carbocycles. The molecule has 0 aliphatic rings. The molecule has 20 heavy (non-hydrogen) atoms. The van der Waals surface area contributed by atoms with E-state index in [4.69, 9.17) is 9.47 Å². The van der Waals surface area contributed by atoms with Gasteiger partial charge < -0.3 is 9.47 Å². The van der Waals surface area contributed by atoms with Crippen LogP contribution in [0.15, 0.2) is 24.3 Å². The maximum Gasteiger partial charge on any atom is 0.336 e. The summed E-state index contributed by atoms with van der Waals surface area (Å²) in [5.41, 5.74) is 0.783. The van der Waals surface area contributed by atoms with Gasteiger partial charge in [0.2, 0.25) is 5.91 Å². The lowest BCUT2D eigenvalue weighted by Gasteiger charge is -2.04. The third-order valence-corrected chi connectivity index (χ3v) is 2.82. The van der Waals surface area contributed by atoms with Crippen LogP contribution in [0.25, 0.3) is 11.4 Å². The molecule has 0 amide bonds. The van der Waals surface area contributed by atoms with E-state index in [-0.39, 0.29) is 11.9 Å². The molecule has 0 aliphatic carbocycles. The molecule has 6 heteroatoms. The van der Waals surface area contributed by atoms with Gasteiger partial charge in [0.25, 0.3) is 0 Å². The standard InChI is InChI=1S/C14H17N3O3/c1-4-5-12(18)17-13(15-14(16-17)20-3)10-6-8-11(19-2)9-7-10/h6-9H,4-5H2,1-3H3. The highest BCUT2D eigenvalue weighted by atomic mass is 16.5. The van der Waals surface area contributed by atoms with Crippen LogP contribution in [0.4, 0.5) is 0 Å². The Labute approximate surface area is 117 Å². The second-order valence-corrected chi connectivity index (χ2v) is 4.21. The zero-order chi connectivity index (χ0) is 14.5. The molecular weight excluding hydrogens is 258 g/mol. The van der Waals surface area contributed by atoms with E-state index in [1.54, 1.807) is 7.11 Å². The van der Waals surface area contributed by atoms with E-state index in [2.05, 4.69) is 10.1 Å². The summed E-state index contributed by atoms with van der Waals surface area (Å²) < 4.78 is 11.4. The Morgan fingerprint density at radius 1 is 1.20 bits per heavy atom. The van der Waals surface area contributed by atoms with Crippen molar-refractivity contribution in [1.82, 2.24) is 14.8 Å². The highest BCUT2D eigenvalue weighted by Gasteiger charge is 2.17. The summed E-state index contributed by atoms with van der Waals surface area (Å²) in [5.74, 6) is 1.11. The monoisotopic (exact) mass is 275 g/mol. The average molecular weight is 275 g/mol. The van der Waals surface area contributed by atoms with Crippen LogP contribution in [0.5, 0.6) is 11.8 Å². The van der Waals surface area contributed by atoms with Crippen molar-refractivity contribution in [3.63, 3.8) is 0 Å². The van der Waals surface area contributed by atoms with Gasteiger partial charge in [0.15, 0.2) is 5.82 Å². The maximum atomic E-state index is 12.1. The predicted octanol–water partition coefficient (Wildman–Crippen LogP) is 2.40. The quantitative estimate of drug-likeness (QED) is 0.838. The van der Waals surface area contributed by atoms with E-state index in [9.17, 15) is 4.79 Å². The van der Waals surface area contributed by atoms with Gasteiger partial charge in [-0.15, -0.1) is 5.10 Å². The lowest BCUT2D eigenvalue weighted by molar-refractivity contribution is 0.0886. The van der Waals surface area contributed by atoms with Crippen LogP contribution in [-0.4, -0.2) is 34.9 Å². The van der Waals surface area contributed by atoms with Crippen molar-refractivity contribution in [2.45, 2.75) is 19.8 Å². The molecule has 1 aromatic carbocycles. The Morgan fingerprint density at radius 3 is 2.45 bits per heavy atom. The third kappa shape index (κ3) is 2.79. The number of ether oxygens (including phenoxy) is 2. The van der Waals surface area contributed by atoms with Crippen LogP contribution in [0.3, 0.4) is 0 Å². The van der Waals surface area contributed by atoms with E-state index in [1.807, 2.05) is 31.2 Å². The summed E-state index contributed by atoms with van der Waals surface area (Å²) >= 11 is 0. The zero-order valence-electron chi connectivity index (χ0n) is 11.8. The first-order valence-corrected chi connectivity index (χ1v) is 6.38. The lowest BCUT2D eigenvalue weighted by atomic mass is 10.2. The predicted molar refractivity (Wildman–Crippen MR) is 74.1 cm³/mol. The van der Waals surface area contributed by atoms with Crippen molar-refractivity contribution in [3.05, 3.63) is 24.3 Å². The molecule has 0 bridgehead atoms. The molecule has 0 saturated heterocycles. The molecule has 0 spiro atoms. The van der Waals surface area contributed by atoms with E-state index in [0.29, 0.717) is 12.2 Å². The Balaban J connectivity index is 2.42. The van der Waals surface area contributed by atoms with Gasteiger partial charge in [-0.1, -0.05) is 6.92 Å². The summed E-state index contributed by atoms with van der Waals surface area (Å²) in [4.78, 5) is 16.3. The summed E-state index contributed by atoms with van der Waals surface area (Å²) in [7, 11) is 3.08. The first kappa shape index (κ1) is 14.0. The highest BCUT2D eigenvalue weighted by Crippen LogP contribution is 2.23. The van der Waals surface area contributed by atoms with Crippen molar-refractivity contribution >= 4 is 5.91 Å². The van der Waals surface area contributed by atoms with Crippen molar-refractivity contribution < 1.29 is 14.3 Å². The molecule has 2 aromatic rings. The van der Waals surface area contributed by atoms with Gasteiger partial charge in [0, 0.05) is 12.0 Å². The topological polar surface area (TPSA) is 66.2 Å². The zero-order valence-corrected chi connectivity index (χ0v) is 11.8. The van der Waals surface area contributed by atoms with Gasteiger partial charge in [0.05, 0.1) is 14.2 Å². The molecule has 0 atom stereocenters. The Morgan fingerprint density at radius 2 is 1.90 bits per heavy atom. The van der Waals surface area contributed by atoms with Gasteiger partial charge in [-0.2, -0.15) is 9.67 Å². The molecule has 0 fully saturated rings. The Kier molecular flexibility index (Phi) is 4.34. The molecule has 0 aliphatic heterocycles. The first-order chi connectivity index (χ1) is 9.69. The number of hydrogen-bond acceptors (Lipinski definition) is 5.